The molecule has 7 nitrogen and oxygen atoms in total. The van der Waals surface area contributed by atoms with E-state index in [1.54, 1.807) is 31.2 Å². The van der Waals surface area contributed by atoms with Gasteiger partial charge in [0.1, 0.15) is 12.6 Å². The maximum absolute atomic E-state index is 13.4. The molecule has 9 heteroatoms. The summed E-state index contributed by atoms with van der Waals surface area (Å²) < 4.78 is 26.7. The van der Waals surface area contributed by atoms with E-state index in [4.69, 9.17) is 0 Å². The lowest BCUT2D eigenvalue weighted by atomic mass is 10.1. The fourth-order valence-corrected chi connectivity index (χ4v) is 4.54. The van der Waals surface area contributed by atoms with Crippen molar-refractivity contribution in [2.45, 2.75) is 33.4 Å². The van der Waals surface area contributed by atoms with Gasteiger partial charge in [-0.3, -0.25) is 13.9 Å². The first kappa shape index (κ1) is 25.9. The second kappa shape index (κ2) is 11.5. The molecule has 0 aliphatic carbocycles. The Morgan fingerprint density at radius 1 is 1.00 bits per heavy atom. The van der Waals surface area contributed by atoms with Crippen molar-refractivity contribution in [3.05, 3.63) is 64.6 Å². The normalized spacial score (nSPS) is 12.3. The standard InChI is InChI=1S/C23H30BrN3O4S/c1-17(2)14-25-23(29)18(3)26(15-19-10-6-5-7-11-19)22(28)16-27(32(4,30)31)21-13-9-8-12-20(21)24/h5-13,17-18H,14-16H2,1-4H3,(H,25,29)/t18-/m1/s1. The lowest BCUT2D eigenvalue weighted by Gasteiger charge is -2.31. The maximum Gasteiger partial charge on any atom is 0.244 e. The zero-order valence-corrected chi connectivity index (χ0v) is 21.2. The number of nitrogens with zero attached hydrogens (tertiary/aromatic N) is 2. The number of carbonyl (C=O) groups is 2. The van der Waals surface area contributed by atoms with Gasteiger partial charge in [0, 0.05) is 17.6 Å². The highest BCUT2D eigenvalue weighted by molar-refractivity contribution is 9.10. The zero-order chi connectivity index (χ0) is 23.9. The van der Waals surface area contributed by atoms with E-state index in [1.165, 1.54) is 4.90 Å². The highest BCUT2D eigenvalue weighted by Crippen LogP contribution is 2.28. The first-order chi connectivity index (χ1) is 15.0. The summed E-state index contributed by atoms with van der Waals surface area (Å²) in [5, 5.41) is 2.86. The van der Waals surface area contributed by atoms with Crippen LogP contribution in [0.1, 0.15) is 26.3 Å². The van der Waals surface area contributed by atoms with E-state index in [-0.39, 0.29) is 18.4 Å². The molecular formula is C23H30BrN3O4S. The van der Waals surface area contributed by atoms with Gasteiger partial charge < -0.3 is 10.2 Å². The van der Waals surface area contributed by atoms with Crippen LogP contribution in [0.3, 0.4) is 0 Å². The van der Waals surface area contributed by atoms with Crippen LogP contribution in [-0.4, -0.2) is 50.5 Å². The van der Waals surface area contributed by atoms with Gasteiger partial charge in [0.25, 0.3) is 0 Å². The number of anilines is 1. The van der Waals surface area contributed by atoms with Crippen LogP contribution < -0.4 is 9.62 Å². The molecule has 0 aliphatic rings. The molecule has 1 atom stereocenters. The number of carbonyl (C=O) groups excluding carboxylic acids is 2. The Bertz CT molecular complexity index is 1030. The van der Waals surface area contributed by atoms with E-state index in [9.17, 15) is 18.0 Å². The molecule has 2 aromatic rings. The van der Waals surface area contributed by atoms with Crippen molar-refractivity contribution in [2.24, 2.45) is 5.92 Å². The van der Waals surface area contributed by atoms with Crippen LogP contribution in [0.4, 0.5) is 5.69 Å². The SMILES string of the molecule is CC(C)CNC(=O)[C@@H](C)N(Cc1ccccc1)C(=O)CN(c1ccccc1Br)S(C)(=O)=O. The third-order valence-corrected chi connectivity index (χ3v) is 6.64. The third kappa shape index (κ3) is 7.34. The number of nitrogens with one attached hydrogen (secondary N) is 1. The molecule has 0 unspecified atom stereocenters. The number of benzene rings is 2. The van der Waals surface area contributed by atoms with Crippen LogP contribution in [0.15, 0.2) is 59.1 Å². The predicted octanol–water partition coefficient (Wildman–Crippen LogP) is 3.40. The molecule has 0 saturated carbocycles. The summed E-state index contributed by atoms with van der Waals surface area (Å²) in [7, 11) is -3.75. The second-order valence-electron chi connectivity index (χ2n) is 8.04. The van der Waals surface area contributed by atoms with Gasteiger partial charge >= 0.3 is 0 Å². The van der Waals surface area contributed by atoms with Crippen molar-refractivity contribution in [1.82, 2.24) is 10.2 Å². The summed E-state index contributed by atoms with van der Waals surface area (Å²) >= 11 is 3.36. The van der Waals surface area contributed by atoms with Gasteiger partial charge in [-0.15, -0.1) is 0 Å². The number of sulfonamides is 1. The average molecular weight is 524 g/mol. The monoisotopic (exact) mass is 523 g/mol. The van der Waals surface area contributed by atoms with Crippen LogP contribution in [0, 0.1) is 5.92 Å². The fraction of sp³-hybridized carbons (Fsp3) is 0.391. The van der Waals surface area contributed by atoms with E-state index < -0.39 is 28.5 Å². The van der Waals surface area contributed by atoms with Gasteiger partial charge in [-0.25, -0.2) is 8.42 Å². The summed E-state index contributed by atoms with van der Waals surface area (Å²) in [4.78, 5) is 27.6. The van der Waals surface area contributed by atoms with Crippen molar-refractivity contribution < 1.29 is 18.0 Å². The van der Waals surface area contributed by atoms with E-state index >= 15 is 0 Å². The molecule has 2 rings (SSSR count). The van der Waals surface area contributed by atoms with Crippen LogP contribution in [-0.2, 0) is 26.2 Å². The molecule has 32 heavy (non-hydrogen) atoms. The third-order valence-electron chi connectivity index (χ3n) is 4.85. The van der Waals surface area contributed by atoms with Crippen molar-refractivity contribution in [2.75, 3.05) is 23.7 Å². The number of amides is 2. The summed E-state index contributed by atoms with van der Waals surface area (Å²) in [6.07, 6.45) is 1.06. The van der Waals surface area contributed by atoms with Crippen LogP contribution in [0.2, 0.25) is 0 Å². The van der Waals surface area contributed by atoms with Crippen molar-refractivity contribution >= 4 is 43.5 Å². The number of rotatable bonds is 10. The second-order valence-corrected chi connectivity index (χ2v) is 10.8. The molecule has 0 aliphatic heterocycles. The molecule has 0 fully saturated rings. The minimum Gasteiger partial charge on any atom is -0.354 e. The number of hydrogen-bond donors (Lipinski definition) is 1. The molecule has 0 spiro atoms. The topological polar surface area (TPSA) is 86.8 Å². The summed E-state index contributed by atoms with van der Waals surface area (Å²) in [5.74, 6) is -0.488. The molecule has 0 saturated heterocycles. The molecule has 0 radical (unpaired) electrons. The van der Waals surface area contributed by atoms with Gasteiger partial charge in [-0.05, 0) is 46.5 Å². The minimum atomic E-state index is -3.75. The molecule has 2 aromatic carbocycles. The Morgan fingerprint density at radius 2 is 1.59 bits per heavy atom. The minimum absolute atomic E-state index is 0.184. The van der Waals surface area contributed by atoms with Gasteiger partial charge in [0.05, 0.1) is 11.9 Å². The number of para-hydroxylation sites is 1. The van der Waals surface area contributed by atoms with Crippen LogP contribution in [0.25, 0.3) is 0 Å². The number of halogens is 1. The van der Waals surface area contributed by atoms with E-state index in [0.717, 1.165) is 16.1 Å². The highest BCUT2D eigenvalue weighted by atomic mass is 79.9. The highest BCUT2D eigenvalue weighted by Gasteiger charge is 2.30. The average Bonchev–Trinajstić information content (AvgIpc) is 2.74. The zero-order valence-electron chi connectivity index (χ0n) is 18.8. The summed E-state index contributed by atoms with van der Waals surface area (Å²) in [6.45, 7) is 5.88. The Labute approximate surface area is 199 Å². The van der Waals surface area contributed by atoms with Crippen molar-refractivity contribution in [1.29, 1.82) is 0 Å². The molecule has 0 heterocycles. The number of hydrogen-bond acceptors (Lipinski definition) is 4. The lowest BCUT2D eigenvalue weighted by Crippen LogP contribution is -2.51. The molecule has 0 bridgehead atoms. The van der Waals surface area contributed by atoms with E-state index in [0.29, 0.717) is 16.7 Å². The van der Waals surface area contributed by atoms with Gasteiger partial charge in [0.15, 0.2) is 0 Å². The molecule has 2 amide bonds. The van der Waals surface area contributed by atoms with Gasteiger partial charge in [-0.1, -0.05) is 56.3 Å². The quantitative estimate of drug-likeness (QED) is 0.516. The van der Waals surface area contributed by atoms with E-state index in [2.05, 4.69) is 21.2 Å². The Hall–Kier alpha value is -2.39. The molecular weight excluding hydrogens is 494 g/mol. The van der Waals surface area contributed by atoms with E-state index in [1.807, 2.05) is 44.2 Å². The summed E-state index contributed by atoms with van der Waals surface area (Å²) in [6, 6.07) is 15.3. The van der Waals surface area contributed by atoms with Crippen LogP contribution in [0.5, 0.6) is 0 Å². The molecule has 174 valence electrons. The van der Waals surface area contributed by atoms with Gasteiger partial charge in [-0.2, -0.15) is 0 Å². The maximum atomic E-state index is 13.4. The lowest BCUT2D eigenvalue weighted by molar-refractivity contribution is -0.139. The van der Waals surface area contributed by atoms with Crippen molar-refractivity contribution in [3.8, 4) is 0 Å². The largest absolute Gasteiger partial charge is 0.354 e. The molecule has 1 N–H and O–H groups in total. The first-order valence-corrected chi connectivity index (χ1v) is 13.0. The Kier molecular flexibility index (Phi) is 9.27. The predicted molar refractivity (Wildman–Crippen MR) is 131 cm³/mol. The van der Waals surface area contributed by atoms with Crippen LogP contribution >= 0.6 is 15.9 Å². The Balaban J connectivity index is 2.35. The van der Waals surface area contributed by atoms with Crippen molar-refractivity contribution in [3.63, 3.8) is 0 Å². The molecule has 0 aromatic heterocycles. The van der Waals surface area contributed by atoms with Gasteiger partial charge in [0.2, 0.25) is 21.8 Å². The Morgan fingerprint density at radius 3 is 2.16 bits per heavy atom. The summed E-state index contributed by atoms with van der Waals surface area (Å²) in [5.41, 5.74) is 1.20. The smallest absolute Gasteiger partial charge is 0.244 e. The first-order valence-electron chi connectivity index (χ1n) is 10.3. The fourth-order valence-electron chi connectivity index (χ4n) is 3.06.